The molecule has 8 nitrogen and oxygen atoms in total. The van der Waals surface area contributed by atoms with E-state index in [1.54, 1.807) is 24.5 Å². The van der Waals surface area contributed by atoms with E-state index in [1.165, 1.54) is 0 Å². The summed E-state index contributed by atoms with van der Waals surface area (Å²) in [4.78, 5) is 36.6. The summed E-state index contributed by atoms with van der Waals surface area (Å²) in [5.41, 5.74) is 0.379. The Morgan fingerprint density at radius 3 is 3.08 bits per heavy atom. The highest BCUT2D eigenvalue weighted by Gasteiger charge is 2.46. The van der Waals surface area contributed by atoms with Gasteiger partial charge in [-0.2, -0.15) is 0 Å². The van der Waals surface area contributed by atoms with Crippen molar-refractivity contribution in [2.75, 3.05) is 31.6 Å². The Balaban J connectivity index is 1.38. The SMILES string of the molecule is O=C(Nc1cccnc1)C1=NOC2(CCCN(C(=O)C3CCOC3)C2)C1. The number of carbonyl (C=O) groups is 2. The van der Waals surface area contributed by atoms with Crippen LogP contribution in [0.25, 0.3) is 0 Å². The number of nitrogens with one attached hydrogen (secondary N) is 1. The fraction of sp³-hybridized carbons (Fsp3) is 0.556. The van der Waals surface area contributed by atoms with Crippen LogP contribution < -0.4 is 5.32 Å². The summed E-state index contributed by atoms with van der Waals surface area (Å²) in [5.74, 6) is -0.221. The van der Waals surface area contributed by atoms with Crippen LogP contribution in [-0.4, -0.2) is 59.3 Å². The first-order chi connectivity index (χ1) is 12.7. The molecule has 2 saturated heterocycles. The van der Waals surface area contributed by atoms with E-state index in [4.69, 9.17) is 9.57 Å². The quantitative estimate of drug-likeness (QED) is 0.876. The van der Waals surface area contributed by atoms with Crippen LogP contribution >= 0.6 is 0 Å². The smallest absolute Gasteiger partial charge is 0.273 e. The number of likely N-dealkylation sites (tertiary alicyclic amines) is 1. The Morgan fingerprint density at radius 1 is 1.38 bits per heavy atom. The minimum atomic E-state index is -0.588. The second kappa shape index (κ2) is 7.03. The van der Waals surface area contributed by atoms with E-state index in [2.05, 4.69) is 15.5 Å². The highest BCUT2D eigenvalue weighted by Crippen LogP contribution is 2.34. The van der Waals surface area contributed by atoms with Gasteiger partial charge in [-0.1, -0.05) is 5.16 Å². The molecule has 4 rings (SSSR count). The molecule has 1 aromatic heterocycles. The van der Waals surface area contributed by atoms with Gasteiger partial charge < -0.3 is 19.8 Å². The fourth-order valence-electron chi connectivity index (χ4n) is 3.78. The van der Waals surface area contributed by atoms with Gasteiger partial charge in [0.25, 0.3) is 5.91 Å². The number of nitrogens with zero attached hydrogens (tertiary/aromatic N) is 3. The largest absolute Gasteiger partial charge is 0.386 e. The molecule has 0 saturated carbocycles. The highest BCUT2D eigenvalue weighted by atomic mass is 16.7. The zero-order chi connectivity index (χ0) is 18.0. The minimum absolute atomic E-state index is 0.0548. The first kappa shape index (κ1) is 17.0. The second-order valence-electron chi connectivity index (χ2n) is 7.11. The van der Waals surface area contributed by atoms with E-state index < -0.39 is 5.60 Å². The number of pyridine rings is 1. The number of anilines is 1. The van der Waals surface area contributed by atoms with Crippen LogP contribution in [0.4, 0.5) is 5.69 Å². The van der Waals surface area contributed by atoms with Gasteiger partial charge in [0, 0.05) is 25.8 Å². The number of carbonyl (C=O) groups excluding carboxylic acids is 2. The molecule has 1 aromatic rings. The summed E-state index contributed by atoms with van der Waals surface area (Å²) < 4.78 is 5.33. The van der Waals surface area contributed by atoms with E-state index in [-0.39, 0.29) is 17.7 Å². The number of ether oxygens (including phenoxy) is 1. The molecule has 3 aliphatic rings. The van der Waals surface area contributed by atoms with Gasteiger partial charge in [0.2, 0.25) is 5.91 Å². The van der Waals surface area contributed by atoms with Crippen LogP contribution in [0.1, 0.15) is 25.7 Å². The molecule has 2 amide bonds. The highest BCUT2D eigenvalue weighted by molar-refractivity contribution is 6.43. The number of hydrogen-bond acceptors (Lipinski definition) is 6. The molecule has 1 N–H and O–H groups in total. The molecule has 1 spiro atoms. The van der Waals surface area contributed by atoms with Gasteiger partial charge in [0.1, 0.15) is 5.71 Å². The third-order valence-corrected chi connectivity index (χ3v) is 5.15. The lowest BCUT2D eigenvalue weighted by molar-refractivity contribution is -0.144. The maximum Gasteiger partial charge on any atom is 0.273 e. The van der Waals surface area contributed by atoms with Gasteiger partial charge in [0.05, 0.1) is 31.0 Å². The predicted molar refractivity (Wildman–Crippen MR) is 93.5 cm³/mol. The fourth-order valence-corrected chi connectivity index (χ4v) is 3.78. The molecule has 2 unspecified atom stereocenters. The van der Waals surface area contributed by atoms with Crippen molar-refractivity contribution in [3.8, 4) is 0 Å². The summed E-state index contributed by atoms with van der Waals surface area (Å²) in [7, 11) is 0. The number of piperidine rings is 1. The molecule has 4 heterocycles. The Bertz CT molecular complexity index is 717. The molecule has 0 aromatic carbocycles. The van der Waals surface area contributed by atoms with Gasteiger partial charge in [-0.25, -0.2) is 0 Å². The van der Waals surface area contributed by atoms with E-state index >= 15 is 0 Å². The van der Waals surface area contributed by atoms with Gasteiger partial charge in [-0.05, 0) is 31.4 Å². The summed E-state index contributed by atoms with van der Waals surface area (Å²) in [5, 5.41) is 6.80. The minimum Gasteiger partial charge on any atom is -0.386 e. The van der Waals surface area contributed by atoms with Crippen LogP contribution in [0.5, 0.6) is 0 Å². The Morgan fingerprint density at radius 2 is 2.31 bits per heavy atom. The van der Waals surface area contributed by atoms with Crippen molar-refractivity contribution < 1.29 is 19.2 Å². The van der Waals surface area contributed by atoms with Gasteiger partial charge in [0.15, 0.2) is 5.60 Å². The maximum atomic E-state index is 12.7. The van der Waals surface area contributed by atoms with Crippen LogP contribution in [-0.2, 0) is 19.2 Å². The van der Waals surface area contributed by atoms with Gasteiger partial charge in [-0.15, -0.1) is 0 Å². The third kappa shape index (κ3) is 3.41. The topological polar surface area (TPSA) is 93.1 Å². The molecule has 3 aliphatic heterocycles. The van der Waals surface area contributed by atoms with E-state index in [0.717, 1.165) is 25.8 Å². The molecule has 2 fully saturated rings. The Labute approximate surface area is 151 Å². The van der Waals surface area contributed by atoms with Crippen LogP contribution in [0, 0.1) is 5.92 Å². The molecule has 2 atom stereocenters. The molecule has 0 aliphatic carbocycles. The Kier molecular flexibility index (Phi) is 4.58. The lowest BCUT2D eigenvalue weighted by Crippen LogP contribution is -2.52. The average Bonchev–Trinajstić information content (AvgIpc) is 3.33. The molecule has 0 radical (unpaired) electrons. The monoisotopic (exact) mass is 358 g/mol. The van der Waals surface area contributed by atoms with Crippen molar-refractivity contribution in [3.63, 3.8) is 0 Å². The lowest BCUT2D eigenvalue weighted by Gasteiger charge is -2.39. The first-order valence-electron chi connectivity index (χ1n) is 8.98. The summed E-state index contributed by atoms with van der Waals surface area (Å²) in [6.07, 6.45) is 6.03. The van der Waals surface area contributed by atoms with Crippen LogP contribution in [0.15, 0.2) is 29.7 Å². The predicted octanol–water partition coefficient (Wildman–Crippen LogP) is 1.19. The zero-order valence-electron chi connectivity index (χ0n) is 14.5. The average molecular weight is 358 g/mol. The van der Waals surface area contributed by atoms with Crippen molar-refractivity contribution in [1.29, 1.82) is 0 Å². The normalized spacial score (nSPS) is 27.9. The zero-order valence-corrected chi connectivity index (χ0v) is 14.5. The standard InChI is InChI=1S/C18H22N4O4/c23-16(20-14-3-1-6-19-10-14)15-9-18(26-21-15)5-2-7-22(12-18)17(24)13-4-8-25-11-13/h1,3,6,10,13H,2,4-5,7-9,11-12H2,(H,20,23). The van der Waals surface area contributed by atoms with Crippen LogP contribution in [0.3, 0.4) is 0 Å². The van der Waals surface area contributed by atoms with Gasteiger partial charge in [-0.3, -0.25) is 14.6 Å². The first-order valence-corrected chi connectivity index (χ1v) is 8.98. The van der Waals surface area contributed by atoms with Crippen LogP contribution in [0.2, 0.25) is 0 Å². The molecule has 138 valence electrons. The Hall–Kier alpha value is -2.48. The number of oxime groups is 1. The van der Waals surface area contributed by atoms with Gasteiger partial charge >= 0.3 is 0 Å². The molecular formula is C18H22N4O4. The van der Waals surface area contributed by atoms with E-state index in [9.17, 15) is 9.59 Å². The molecule has 26 heavy (non-hydrogen) atoms. The van der Waals surface area contributed by atoms with E-state index in [1.807, 2.05) is 4.90 Å². The lowest BCUT2D eigenvalue weighted by atomic mass is 9.87. The summed E-state index contributed by atoms with van der Waals surface area (Å²) in [6, 6.07) is 3.52. The van der Waals surface area contributed by atoms with E-state index in [0.29, 0.717) is 37.6 Å². The molecule has 8 heteroatoms. The van der Waals surface area contributed by atoms with Crippen molar-refractivity contribution in [2.45, 2.75) is 31.3 Å². The van der Waals surface area contributed by atoms with Crippen molar-refractivity contribution in [1.82, 2.24) is 9.88 Å². The number of rotatable bonds is 3. The number of hydrogen-bond donors (Lipinski definition) is 1. The molecular weight excluding hydrogens is 336 g/mol. The molecule has 0 bridgehead atoms. The van der Waals surface area contributed by atoms with Crippen molar-refractivity contribution >= 4 is 23.2 Å². The number of amides is 2. The number of aromatic nitrogens is 1. The van der Waals surface area contributed by atoms with Crippen molar-refractivity contribution in [3.05, 3.63) is 24.5 Å². The third-order valence-electron chi connectivity index (χ3n) is 5.15. The maximum absolute atomic E-state index is 12.7. The second-order valence-corrected chi connectivity index (χ2v) is 7.11. The summed E-state index contributed by atoms with van der Waals surface area (Å²) >= 11 is 0. The summed E-state index contributed by atoms with van der Waals surface area (Å²) in [6.45, 7) is 2.33. The van der Waals surface area contributed by atoms with Crippen molar-refractivity contribution in [2.24, 2.45) is 11.1 Å².